The fourth-order valence-electron chi connectivity index (χ4n) is 5.23. The second-order valence-electron chi connectivity index (χ2n) is 10.4. The first kappa shape index (κ1) is 26.7. The Morgan fingerprint density at radius 3 is 2.49 bits per heavy atom. The molecule has 1 saturated carbocycles. The van der Waals surface area contributed by atoms with E-state index < -0.39 is 17.5 Å². The van der Waals surface area contributed by atoms with Gasteiger partial charge in [0, 0.05) is 18.1 Å². The van der Waals surface area contributed by atoms with Gasteiger partial charge in [-0.25, -0.2) is 4.39 Å². The molecule has 0 atom stereocenters. The van der Waals surface area contributed by atoms with Crippen LogP contribution >= 0.6 is 0 Å². The second-order valence-corrected chi connectivity index (χ2v) is 10.4. The molecule has 3 aromatic carbocycles. The summed E-state index contributed by atoms with van der Waals surface area (Å²) >= 11 is 0. The highest BCUT2D eigenvalue weighted by Crippen LogP contribution is 2.33. The standard InChI is InChI=1S/C31H33F2N3O3/c1-19-4-9-23-17-36(35-27(23)14-19)24-10-5-21(6-11-24)16-34-31(37)26-15-20(2)30(29(33)28(26)32)39-18-22-7-12-25(38-3)13-8-22/h4,7-9,12-15,17,21,24H,5-6,10-11,16,18H2,1-3H3,(H,34,37). The first-order valence-electron chi connectivity index (χ1n) is 13.3. The van der Waals surface area contributed by atoms with Crippen molar-refractivity contribution < 1.29 is 23.0 Å². The third-order valence-electron chi connectivity index (χ3n) is 7.56. The van der Waals surface area contributed by atoms with Crippen LogP contribution in [0.5, 0.6) is 11.5 Å². The maximum Gasteiger partial charge on any atom is 0.254 e. The number of halogens is 2. The molecule has 1 aliphatic carbocycles. The lowest BCUT2D eigenvalue weighted by atomic mass is 9.86. The Bertz CT molecular complexity index is 1470. The minimum atomic E-state index is -1.20. The predicted octanol–water partition coefficient (Wildman–Crippen LogP) is 6.68. The fraction of sp³-hybridized carbons (Fsp3) is 0.355. The van der Waals surface area contributed by atoms with E-state index in [1.165, 1.54) is 11.6 Å². The third-order valence-corrected chi connectivity index (χ3v) is 7.56. The minimum absolute atomic E-state index is 0.0591. The Morgan fingerprint density at radius 2 is 1.77 bits per heavy atom. The van der Waals surface area contributed by atoms with Crippen molar-refractivity contribution >= 4 is 16.8 Å². The molecule has 0 unspecified atom stereocenters. The van der Waals surface area contributed by atoms with Crippen LogP contribution in [0.25, 0.3) is 10.9 Å². The number of ether oxygens (including phenoxy) is 2. The molecule has 1 fully saturated rings. The smallest absolute Gasteiger partial charge is 0.254 e. The highest BCUT2D eigenvalue weighted by Gasteiger charge is 2.26. The van der Waals surface area contributed by atoms with Crippen molar-refractivity contribution in [1.29, 1.82) is 0 Å². The first-order valence-corrected chi connectivity index (χ1v) is 13.3. The van der Waals surface area contributed by atoms with Crippen LogP contribution in [0.3, 0.4) is 0 Å². The van der Waals surface area contributed by atoms with Crippen molar-refractivity contribution in [3.63, 3.8) is 0 Å². The van der Waals surface area contributed by atoms with Crippen LogP contribution in [0.1, 0.15) is 58.8 Å². The lowest BCUT2D eigenvalue weighted by Gasteiger charge is -2.28. The molecular weight excluding hydrogens is 500 g/mol. The number of aromatic nitrogens is 2. The van der Waals surface area contributed by atoms with Crippen molar-refractivity contribution in [2.75, 3.05) is 13.7 Å². The second kappa shape index (κ2) is 11.4. The lowest BCUT2D eigenvalue weighted by molar-refractivity contribution is 0.0935. The molecule has 0 bridgehead atoms. The predicted molar refractivity (Wildman–Crippen MR) is 146 cm³/mol. The van der Waals surface area contributed by atoms with Gasteiger partial charge >= 0.3 is 0 Å². The number of hydrogen-bond donors (Lipinski definition) is 1. The number of benzene rings is 3. The number of carbonyl (C=O) groups excluding carboxylic acids is 1. The molecule has 4 aromatic rings. The summed E-state index contributed by atoms with van der Waals surface area (Å²) in [7, 11) is 1.57. The van der Waals surface area contributed by atoms with Gasteiger partial charge in [0.25, 0.3) is 5.91 Å². The molecule has 0 aliphatic heterocycles. The van der Waals surface area contributed by atoms with Crippen LogP contribution in [0, 0.1) is 31.4 Å². The molecule has 1 heterocycles. The number of aryl methyl sites for hydroxylation is 2. The van der Waals surface area contributed by atoms with Gasteiger partial charge in [0.15, 0.2) is 11.6 Å². The van der Waals surface area contributed by atoms with Crippen LogP contribution in [-0.2, 0) is 6.61 Å². The number of nitrogens with zero attached hydrogens (tertiary/aromatic N) is 2. The zero-order valence-electron chi connectivity index (χ0n) is 22.5. The van der Waals surface area contributed by atoms with Gasteiger partial charge in [0.2, 0.25) is 5.82 Å². The average Bonchev–Trinajstić information content (AvgIpc) is 3.37. The molecule has 204 valence electrons. The van der Waals surface area contributed by atoms with E-state index in [9.17, 15) is 13.6 Å². The molecule has 0 saturated heterocycles. The Hall–Kier alpha value is -3.94. The topological polar surface area (TPSA) is 65.4 Å². The molecule has 6 nitrogen and oxygen atoms in total. The number of carbonyl (C=O) groups is 1. The maximum atomic E-state index is 14.9. The summed E-state index contributed by atoms with van der Waals surface area (Å²) in [6.45, 7) is 4.14. The van der Waals surface area contributed by atoms with Gasteiger partial charge in [-0.05, 0) is 86.4 Å². The van der Waals surface area contributed by atoms with E-state index in [1.807, 2.05) is 0 Å². The summed E-state index contributed by atoms with van der Waals surface area (Å²) < 4.78 is 42.6. The monoisotopic (exact) mass is 533 g/mol. The van der Waals surface area contributed by atoms with Crippen molar-refractivity contribution in [2.45, 2.75) is 52.2 Å². The van der Waals surface area contributed by atoms with Crippen LogP contribution in [0.2, 0.25) is 0 Å². The van der Waals surface area contributed by atoms with Crippen molar-refractivity contribution in [2.24, 2.45) is 5.92 Å². The van der Waals surface area contributed by atoms with Crippen molar-refractivity contribution in [3.8, 4) is 11.5 Å². The molecule has 1 aliphatic rings. The Labute approximate surface area is 226 Å². The number of fused-ring (bicyclic) bond motifs is 1. The fourth-order valence-corrected chi connectivity index (χ4v) is 5.23. The molecule has 0 spiro atoms. The summed E-state index contributed by atoms with van der Waals surface area (Å²) in [6.07, 6.45) is 5.86. The van der Waals surface area contributed by atoms with Gasteiger partial charge in [-0.3, -0.25) is 9.48 Å². The van der Waals surface area contributed by atoms with Crippen LogP contribution in [0.4, 0.5) is 8.78 Å². The van der Waals surface area contributed by atoms with Gasteiger partial charge in [-0.15, -0.1) is 0 Å². The Kier molecular flexibility index (Phi) is 7.82. The summed E-state index contributed by atoms with van der Waals surface area (Å²) in [5.41, 5.74) is 3.02. The number of nitrogens with one attached hydrogen (secondary N) is 1. The SMILES string of the molecule is COc1ccc(COc2c(C)cc(C(=O)NCC3CCC(n4cc5ccc(C)cc5n4)CC3)c(F)c2F)cc1. The molecule has 39 heavy (non-hydrogen) atoms. The summed E-state index contributed by atoms with van der Waals surface area (Å²) in [5.74, 6) is -2.20. The number of amides is 1. The molecule has 1 amide bonds. The van der Waals surface area contributed by atoms with Crippen LogP contribution in [0.15, 0.2) is 54.7 Å². The van der Waals surface area contributed by atoms with Crippen molar-refractivity contribution in [3.05, 3.63) is 88.6 Å². The van der Waals surface area contributed by atoms with E-state index in [2.05, 4.69) is 41.3 Å². The summed E-state index contributed by atoms with van der Waals surface area (Å²) in [5, 5.41) is 8.71. The highest BCUT2D eigenvalue weighted by atomic mass is 19.2. The first-order chi connectivity index (χ1) is 18.8. The zero-order chi connectivity index (χ0) is 27.5. The number of rotatable bonds is 8. The zero-order valence-corrected chi connectivity index (χ0v) is 22.5. The van der Waals surface area contributed by atoms with Crippen molar-refractivity contribution in [1.82, 2.24) is 15.1 Å². The maximum absolute atomic E-state index is 14.9. The van der Waals surface area contributed by atoms with E-state index in [-0.39, 0.29) is 23.8 Å². The van der Waals surface area contributed by atoms with Gasteiger partial charge in [-0.1, -0.05) is 24.3 Å². The Balaban J connectivity index is 1.16. The van der Waals surface area contributed by atoms with Gasteiger partial charge in [0.1, 0.15) is 12.4 Å². The molecule has 1 N–H and O–H groups in total. The largest absolute Gasteiger partial charge is 0.497 e. The van der Waals surface area contributed by atoms with E-state index in [1.54, 1.807) is 38.3 Å². The summed E-state index contributed by atoms with van der Waals surface area (Å²) in [4.78, 5) is 12.8. The average molecular weight is 534 g/mol. The Morgan fingerprint density at radius 1 is 1.03 bits per heavy atom. The lowest BCUT2D eigenvalue weighted by Crippen LogP contribution is -2.32. The molecule has 5 rings (SSSR count). The van der Waals surface area contributed by atoms with E-state index in [0.717, 1.165) is 42.1 Å². The minimum Gasteiger partial charge on any atom is -0.497 e. The quantitative estimate of drug-likeness (QED) is 0.274. The summed E-state index contributed by atoms with van der Waals surface area (Å²) in [6, 6.07) is 15.1. The highest BCUT2D eigenvalue weighted by molar-refractivity contribution is 5.95. The van der Waals surface area contributed by atoms with Gasteiger partial charge in [0.05, 0.1) is 24.2 Å². The molecule has 8 heteroatoms. The molecular formula is C31H33F2N3O3. The van der Waals surface area contributed by atoms with Gasteiger partial charge in [-0.2, -0.15) is 9.49 Å². The normalized spacial score (nSPS) is 17.3. The van der Waals surface area contributed by atoms with E-state index >= 15 is 0 Å². The van der Waals surface area contributed by atoms with Gasteiger partial charge < -0.3 is 14.8 Å². The molecule has 1 aromatic heterocycles. The number of methoxy groups -OCH3 is 1. The van der Waals surface area contributed by atoms with Crippen LogP contribution < -0.4 is 14.8 Å². The third kappa shape index (κ3) is 5.90. The van der Waals surface area contributed by atoms with E-state index in [0.29, 0.717) is 23.9 Å². The van der Waals surface area contributed by atoms with E-state index in [4.69, 9.17) is 14.6 Å². The van der Waals surface area contributed by atoms with Crippen LogP contribution in [-0.4, -0.2) is 29.3 Å². The number of hydrogen-bond acceptors (Lipinski definition) is 4. The molecule has 0 radical (unpaired) electrons.